The van der Waals surface area contributed by atoms with Gasteiger partial charge in [-0.15, -0.1) is 0 Å². The minimum atomic E-state index is 0.0920. The van der Waals surface area contributed by atoms with E-state index in [9.17, 15) is 0 Å². The zero-order chi connectivity index (χ0) is 39.5. The highest BCUT2D eigenvalue weighted by molar-refractivity contribution is 7.00. The highest BCUT2D eigenvalue weighted by Gasteiger charge is 2.41. The van der Waals surface area contributed by atoms with Gasteiger partial charge < -0.3 is 18.9 Å². The summed E-state index contributed by atoms with van der Waals surface area (Å²) < 4.78 is 5.11. The number of fused-ring (bicyclic) bond motifs is 12. The van der Waals surface area contributed by atoms with Gasteiger partial charge in [0.1, 0.15) is 0 Å². The van der Waals surface area contributed by atoms with Crippen molar-refractivity contribution in [1.29, 1.82) is 0 Å². The molecule has 0 atom stereocenters. The van der Waals surface area contributed by atoms with Crippen LogP contribution in [0.3, 0.4) is 0 Å². The molecule has 2 aliphatic rings. The molecule has 280 valence electrons. The smallest absolute Gasteiger partial charge is 0.252 e. The maximum absolute atomic E-state index is 2.56. The molecule has 4 heterocycles. The van der Waals surface area contributed by atoms with E-state index in [4.69, 9.17) is 0 Å². The van der Waals surface area contributed by atoms with Gasteiger partial charge in [-0.1, -0.05) is 103 Å². The summed E-state index contributed by atoms with van der Waals surface area (Å²) in [5.74, 6) is 0. The Labute approximate surface area is 348 Å². The lowest BCUT2D eigenvalue weighted by Gasteiger charge is -2.32. The summed E-state index contributed by atoms with van der Waals surface area (Å²) in [6, 6.07) is 75.8. The molecule has 2 aromatic heterocycles. The molecule has 0 bridgehead atoms. The number of anilines is 6. The van der Waals surface area contributed by atoms with Crippen molar-refractivity contribution in [2.24, 2.45) is 0 Å². The standard InChI is InChI=1S/C55H37BN4/c1-36-16-15-23-40(32-36)58(39-21-9-4-10-22-39)42-29-31-50-44(34-42)46-35-45-43-33-41(57(37-17-5-2-6-18-37)38-19-7-3-8-20-38)28-30-49(43)59-51-26-13-11-24-47(51)56-48-25-12-14-27-52(48)60(50)55(46)53(56)54(45)59/h2-35H,1H3. The van der Waals surface area contributed by atoms with Gasteiger partial charge in [-0.05, 0) is 132 Å². The molecular weight excluding hydrogens is 727 g/mol. The molecule has 5 heteroatoms. The van der Waals surface area contributed by atoms with Crippen molar-refractivity contribution in [3.63, 3.8) is 0 Å². The Balaban J connectivity index is 1.16. The minimum absolute atomic E-state index is 0.0920. The number of hydrogen-bond donors (Lipinski definition) is 0. The lowest BCUT2D eigenvalue weighted by molar-refractivity contribution is 1.17. The molecule has 0 aliphatic carbocycles. The number of para-hydroxylation sites is 5. The van der Waals surface area contributed by atoms with Gasteiger partial charge in [0.05, 0.1) is 22.1 Å². The van der Waals surface area contributed by atoms with Gasteiger partial charge in [-0.25, -0.2) is 0 Å². The topological polar surface area (TPSA) is 16.3 Å². The van der Waals surface area contributed by atoms with Crippen molar-refractivity contribution in [3.05, 3.63) is 212 Å². The molecule has 2 aliphatic heterocycles. The van der Waals surface area contributed by atoms with Crippen LogP contribution in [0.5, 0.6) is 0 Å². The first-order valence-electron chi connectivity index (χ1n) is 20.8. The monoisotopic (exact) mass is 764 g/mol. The van der Waals surface area contributed by atoms with Crippen LogP contribution < -0.4 is 26.2 Å². The highest BCUT2D eigenvalue weighted by Crippen LogP contribution is 2.45. The van der Waals surface area contributed by atoms with Crippen molar-refractivity contribution in [3.8, 4) is 11.4 Å². The average Bonchev–Trinajstić information content (AvgIpc) is 3.81. The molecule has 0 saturated heterocycles. The maximum atomic E-state index is 2.56. The van der Waals surface area contributed by atoms with E-state index in [-0.39, 0.29) is 6.71 Å². The van der Waals surface area contributed by atoms with Crippen LogP contribution in [0, 0.1) is 6.92 Å². The SMILES string of the molecule is Cc1cccc(N(c2ccccc2)c2ccc3c(c2)c2cc4c5cc(N(c6ccccc6)c6ccccc6)ccc5n5c4c4c2n3-c2ccccc2B4c2ccccc2-5)c1. The summed E-state index contributed by atoms with van der Waals surface area (Å²) in [6.45, 7) is 2.26. The van der Waals surface area contributed by atoms with Crippen molar-refractivity contribution in [1.82, 2.24) is 9.13 Å². The predicted octanol–water partition coefficient (Wildman–Crippen LogP) is 12.3. The normalized spacial score (nSPS) is 12.4. The van der Waals surface area contributed by atoms with E-state index in [2.05, 4.69) is 232 Å². The van der Waals surface area contributed by atoms with Crippen LogP contribution in [0.4, 0.5) is 34.1 Å². The van der Waals surface area contributed by atoms with E-state index < -0.39 is 0 Å². The third-order valence-electron chi connectivity index (χ3n) is 12.9. The molecule has 0 radical (unpaired) electrons. The fourth-order valence-electron chi connectivity index (χ4n) is 10.5. The van der Waals surface area contributed by atoms with Crippen LogP contribution in [0.15, 0.2) is 206 Å². The second kappa shape index (κ2) is 12.6. The maximum Gasteiger partial charge on any atom is 0.252 e. The molecule has 0 spiro atoms. The zero-order valence-electron chi connectivity index (χ0n) is 33.0. The van der Waals surface area contributed by atoms with Gasteiger partial charge in [-0.3, -0.25) is 0 Å². The van der Waals surface area contributed by atoms with Crippen LogP contribution in [0.1, 0.15) is 5.56 Å². The van der Waals surface area contributed by atoms with Crippen LogP contribution in [-0.4, -0.2) is 15.8 Å². The van der Waals surface area contributed by atoms with Gasteiger partial charge in [0, 0.05) is 67.0 Å². The lowest BCUT2D eigenvalue weighted by atomic mass is 9.34. The van der Waals surface area contributed by atoms with Crippen molar-refractivity contribution >= 4 is 101 Å². The van der Waals surface area contributed by atoms with E-state index >= 15 is 0 Å². The molecule has 9 aromatic carbocycles. The highest BCUT2D eigenvalue weighted by atomic mass is 15.1. The molecule has 4 nitrogen and oxygen atoms in total. The second-order valence-corrected chi connectivity index (χ2v) is 16.2. The first kappa shape index (κ1) is 33.2. The van der Waals surface area contributed by atoms with E-state index in [1.54, 1.807) is 0 Å². The molecule has 11 aromatic rings. The van der Waals surface area contributed by atoms with Gasteiger partial charge in [-0.2, -0.15) is 0 Å². The Bertz CT molecular complexity index is 3480. The molecule has 0 N–H and O–H groups in total. The predicted molar refractivity (Wildman–Crippen MR) is 254 cm³/mol. The molecule has 13 rings (SSSR count). The Hall–Kier alpha value is -7.76. The number of aromatic nitrogens is 2. The third kappa shape index (κ3) is 4.63. The van der Waals surface area contributed by atoms with Crippen molar-refractivity contribution in [2.45, 2.75) is 6.92 Å². The Morgan fingerprint density at radius 1 is 0.350 bits per heavy atom. The number of hydrogen-bond acceptors (Lipinski definition) is 2. The number of rotatable bonds is 6. The molecule has 0 fully saturated rings. The van der Waals surface area contributed by atoms with Crippen LogP contribution in [0.25, 0.3) is 55.0 Å². The average molecular weight is 765 g/mol. The summed E-state index contributed by atoms with van der Waals surface area (Å²) >= 11 is 0. The molecular formula is C55H37BN4. The minimum Gasteiger partial charge on any atom is -0.310 e. The third-order valence-corrected chi connectivity index (χ3v) is 12.9. The van der Waals surface area contributed by atoms with Crippen molar-refractivity contribution in [2.75, 3.05) is 9.80 Å². The molecule has 0 amide bonds. The number of benzene rings is 9. The van der Waals surface area contributed by atoms with Gasteiger partial charge in [0.15, 0.2) is 0 Å². The Kier molecular flexibility index (Phi) is 6.99. The zero-order valence-corrected chi connectivity index (χ0v) is 33.0. The molecule has 0 saturated carbocycles. The summed E-state index contributed by atoms with van der Waals surface area (Å²) in [5, 5.41) is 5.04. The summed E-state index contributed by atoms with van der Waals surface area (Å²) in [6.07, 6.45) is 0. The Morgan fingerprint density at radius 2 is 0.767 bits per heavy atom. The molecule has 60 heavy (non-hydrogen) atoms. The molecule has 0 unspecified atom stereocenters. The largest absolute Gasteiger partial charge is 0.310 e. The van der Waals surface area contributed by atoms with E-state index in [0.717, 1.165) is 34.1 Å². The number of nitrogens with zero attached hydrogens (tertiary/aromatic N) is 4. The fraction of sp³-hybridized carbons (Fsp3) is 0.0182. The lowest BCUT2D eigenvalue weighted by Crippen LogP contribution is -2.59. The summed E-state index contributed by atoms with van der Waals surface area (Å²) in [7, 11) is 0. The van der Waals surface area contributed by atoms with Gasteiger partial charge in [0.2, 0.25) is 0 Å². The van der Waals surface area contributed by atoms with E-state index in [1.807, 2.05) is 0 Å². The number of aryl methyl sites for hydroxylation is 1. The van der Waals surface area contributed by atoms with Crippen LogP contribution in [0.2, 0.25) is 0 Å². The van der Waals surface area contributed by atoms with Crippen molar-refractivity contribution < 1.29 is 0 Å². The van der Waals surface area contributed by atoms with E-state index in [0.29, 0.717) is 0 Å². The van der Waals surface area contributed by atoms with Gasteiger partial charge in [0.25, 0.3) is 6.71 Å². The van der Waals surface area contributed by atoms with Crippen LogP contribution in [-0.2, 0) is 0 Å². The summed E-state index contributed by atoms with van der Waals surface area (Å²) in [5.41, 5.74) is 19.6. The second-order valence-electron chi connectivity index (χ2n) is 16.2. The first-order valence-corrected chi connectivity index (χ1v) is 20.8. The Morgan fingerprint density at radius 3 is 1.25 bits per heavy atom. The fourth-order valence-corrected chi connectivity index (χ4v) is 10.5. The quantitative estimate of drug-likeness (QED) is 0.157. The van der Waals surface area contributed by atoms with Crippen LogP contribution >= 0.6 is 0 Å². The first-order chi connectivity index (χ1) is 29.7. The van der Waals surface area contributed by atoms with Gasteiger partial charge >= 0.3 is 0 Å². The van der Waals surface area contributed by atoms with E-state index in [1.165, 1.54) is 76.9 Å². The summed E-state index contributed by atoms with van der Waals surface area (Å²) in [4.78, 5) is 4.77.